The molecule has 9 nitrogen and oxygen atoms in total. The maximum Gasteiger partial charge on any atom is 0.265 e. The molecule has 3 heterocycles. The van der Waals surface area contributed by atoms with Crippen LogP contribution in [-0.4, -0.2) is 53.3 Å². The second kappa shape index (κ2) is 11.7. The fourth-order valence-electron chi connectivity index (χ4n) is 5.20. The van der Waals surface area contributed by atoms with Crippen LogP contribution in [0.1, 0.15) is 43.5 Å². The summed E-state index contributed by atoms with van der Waals surface area (Å²) in [5.74, 6) is -3.22. The largest absolute Gasteiger partial charge is 0.300 e. The van der Waals surface area contributed by atoms with Crippen molar-refractivity contribution >= 4 is 38.9 Å². The van der Waals surface area contributed by atoms with E-state index in [1.165, 1.54) is 55.5 Å². The Hall–Kier alpha value is -3.88. The van der Waals surface area contributed by atoms with Gasteiger partial charge < -0.3 is 4.90 Å². The van der Waals surface area contributed by atoms with Crippen LogP contribution >= 0.6 is 11.3 Å². The summed E-state index contributed by atoms with van der Waals surface area (Å²) in [6.07, 6.45) is 5.72. The average molecular weight is 629 g/mol. The van der Waals surface area contributed by atoms with Crippen LogP contribution in [-0.2, 0) is 14.8 Å². The lowest BCUT2D eigenvalue weighted by molar-refractivity contribution is -0.114. The summed E-state index contributed by atoms with van der Waals surface area (Å²) in [5.41, 5.74) is 0.182. The van der Waals surface area contributed by atoms with Crippen molar-refractivity contribution in [2.45, 2.75) is 49.5 Å². The van der Waals surface area contributed by atoms with Crippen molar-refractivity contribution in [3.05, 3.63) is 71.1 Å². The number of halogens is 3. The van der Waals surface area contributed by atoms with Gasteiger partial charge in [0.1, 0.15) is 16.5 Å². The van der Waals surface area contributed by atoms with E-state index in [1.54, 1.807) is 6.07 Å². The van der Waals surface area contributed by atoms with Gasteiger partial charge in [-0.1, -0.05) is 6.07 Å². The monoisotopic (exact) mass is 628 g/mol. The highest BCUT2D eigenvalue weighted by molar-refractivity contribution is 7.92. The van der Waals surface area contributed by atoms with Gasteiger partial charge in [0.25, 0.3) is 10.0 Å². The third-order valence-electron chi connectivity index (χ3n) is 7.44. The first kappa shape index (κ1) is 29.2. The van der Waals surface area contributed by atoms with E-state index in [-0.39, 0.29) is 29.0 Å². The fourth-order valence-corrected chi connectivity index (χ4v) is 7.57. The number of likely N-dealkylation sites (tertiary alicyclic amines) is 1. The molecule has 0 radical (unpaired) electrons. The predicted octanol–water partition coefficient (Wildman–Crippen LogP) is 5.79. The van der Waals surface area contributed by atoms with Crippen LogP contribution in [0.2, 0.25) is 0 Å². The number of amides is 1. The van der Waals surface area contributed by atoms with Gasteiger partial charge in [-0.2, -0.15) is 0 Å². The van der Waals surface area contributed by atoms with Crippen LogP contribution in [0.3, 0.4) is 0 Å². The number of hydrogen-bond acceptors (Lipinski definition) is 8. The third kappa shape index (κ3) is 6.26. The van der Waals surface area contributed by atoms with E-state index in [2.05, 4.69) is 24.9 Å². The minimum absolute atomic E-state index is 0.00693. The molecular weight excluding hydrogens is 601 g/mol. The Labute approximate surface area is 250 Å². The number of rotatable bonds is 8. The van der Waals surface area contributed by atoms with Crippen molar-refractivity contribution in [2.75, 3.05) is 23.1 Å². The second-order valence-corrected chi connectivity index (χ2v) is 13.2. The van der Waals surface area contributed by atoms with E-state index in [1.807, 2.05) is 0 Å². The molecule has 4 aromatic rings. The van der Waals surface area contributed by atoms with E-state index >= 15 is 4.39 Å². The lowest BCUT2D eigenvalue weighted by Gasteiger charge is -2.30. The summed E-state index contributed by atoms with van der Waals surface area (Å²) in [4.78, 5) is 27.1. The van der Waals surface area contributed by atoms with Gasteiger partial charge in [-0.05, 0) is 75.2 Å². The minimum Gasteiger partial charge on any atom is -0.300 e. The number of piperidine rings is 1. The molecule has 1 aliphatic heterocycles. The van der Waals surface area contributed by atoms with E-state index in [0.29, 0.717) is 28.7 Å². The highest BCUT2D eigenvalue weighted by Gasteiger charge is 2.34. The highest BCUT2D eigenvalue weighted by atomic mass is 32.2. The summed E-state index contributed by atoms with van der Waals surface area (Å²) in [7, 11) is -4.67. The number of carbonyl (C=O) groups excluding carboxylic acids is 1. The second-order valence-electron chi connectivity index (χ2n) is 10.6. The molecule has 0 unspecified atom stereocenters. The van der Waals surface area contributed by atoms with E-state index in [0.717, 1.165) is 37.0 Å². The highest BCUT2D eigenvalue weighted by Crippen LogP contribution is 2.43. The zero-order valence-corrected chi connectivity index (χ0v) is 24.6. The summed E-state index contributed by atoms with van der Waals surface area (Å²) in [6.45, 7) is 3.22. The van der Waals surface area contributed by atoms with Gasteiger partial charge in [-0.3, -0.25) is 14.8 Å². The van der Waals surface area contributed by atoms with Crippen molar-refractivity contribution in [1.29, 1.82) is 0 Å². The molecule has 6 rings (SSSR count). The lowest BCUT2D eigenvalue weighted by atomic mass is 9.97. The first-order valence-corrected chi connectivity index (χ1v) is 16.0. The normalized spacial score (nSPS) is 16.3. The molecule has 2 fully saturated rings. The van der Waals surface area contributed by atoms with E-state index < -0.39 is 38.1 Å². The number of nitrogens with zero attached hydrogens (tertiary/aromatic N) is 4. The molecule has 0 bridgehead atoms. The minimum atomic E-state index is -4.67. The number of aromatic nitrogens is 3. The Balaban J connectivity index is 1.39. The summed E-state index contributed by atoms with van der Waals surface area (Å²) < 4.78 is 72.0. The third-order valence-corrected chi connectivity index (χ3v) is 10.1. The molecule has 1 saturated carbocycles. The molecule has 224 valence electrons. The Morgan fingerprint density at radius 1 is 1.02 bits per heavy atom. The molecule has 2 N–H and O–H groups in total. The number of anilines is 2. The van der Waals surface area contributed by atoms with Gasteiger partial charge in [0.05, 0.1) is 27.0 Å². The molecule has 1 saturated heterocycles. The Morgan fingerprint density at radius 2 is 1.79 bits per heavy atom. The number of thiazole rings is 1. The molecule has 43 heavy (non-hydrogen) atoms. The van der Waals surface area contributed by atoms with Crippen molar-refractivity contribution in [2.24, 2.45) is 0 Å². The Bertz CT molecular complexity index is 1800. The number of carbonyl (C=O) groups is 1. The molecule has 2 aromatic heterocycles. The lowest BCUT2D eigenvalue weighted by Crippen LogP contribution is -2.34. The van der Waals surface area contributed by atoms with Gasteiger partial charge in [-0.15, -0.1) is 11.3 Å². The number of benzene rings is 2. The molecule has 1 amide bonds. The van der Waals surface area contributed by atoms with Crippen LogP contribution in [0, 0.1) is 17.5 Å². The van der Waals surface area contributed by atoms with E-state index in [4.69, 9.17) is 4.98 Å². The van der Waals surface area contributed by atoms with Crippen LogP contribution < -0.4 is 10.0 Å². The Kier molecular flexibility index (Phi) is 7.92. The van der Waals surface area contributed by atoms with Crippen molar-refractivity contribution in [3.8, 4) is 21.8 Å². The van der Waals surface area contributed by atoms with Gasteiger partial charge in [0.15, 0.2) is 5.82 Å². The van der Waals surface area contributed by atoms with E-state index in [9.17, 15) is 22.0 Å². The van der Waals surface area contributed by atoms with Gasteiger partial charge in [0.2, 0.25) is 11.9 Å². The van der Waals surface area contributed by atoms with Crippen LogP contribution in [0.25, 0.3) is 21.8 Å². The van der Waals surface area contributed by atoms with Crippen LogP contribution in [0.5, 0.6) is 0 Å². The standard InChI is InChI=1S/C29H27F3N6O3S2/c1-16(39)34-29-33-12-9-23(35-29)27-26(36-28(42-27)17-10-13-38(14-11-17)19-6-7-19)20-3-2-4-22(25(20)32)37-43(40,41)24-15-18(30)5-8-21(24)31/h2-5,8-9,12,15,17,19,37H,6-7,10-11,13-14H2,1H3,(H,33,34,35,39). The van der Waals surface area contributed by atoms with Gasteiger partial charge in [0, 0.05) is 30.6 Å². The Morgan fingerprint density at radius 3 is 2.51 bits per heavy atom. The molecule has 1 aliphatic carbocycles. The van der Waals surface area contributed by atoms with Crippen molar-refractivity contribution in [1.82, 2.24) is 19.9 Å². The molecule has 0 spiro atoms. The van der Waals surface area contributed by atoms with Crippen LogP contribution in [0.15, 0.2) is 53.6 Å². The maximum absolute atomic E-state index is 16.1. The van der Waals surface area contributed by atoms with Crippen molar-refractivity contribution < 1.29 is 26.4 Å². The topological polar surface area (TPSA) is 117 Å². The van der Waals surface area contributed by atoms with Crippen LogP contribution in [0.4, 0.5) is 24.8 Å². The SMILES string of the molecule is CC(=O)Nc1nccc(-c2sc(C3CCN(C4CC4)CC3)nc2-c2cccc(NS(=O)(=O)c3cc(F)ccc3F)c2F)n1. The zero-order valence-electron chi connectivity index (χ0n) is 23.0. The first-order chi connectivity index (χ1) is 20.6. The summed E-state index contributed by atoms with van der Waals surface area (Å²) in [6, 6.07) is 8.39. The zero-order chi connectivity index (χ0) is 30.3. The van der Waals surface area contributed by atoms with Crippen molar-refractivity contribution in [3.63, 3.8) is 0 Å². The summed E-state index contributed by atoms with van der Waals surface area (Å²) in [5, 5.41) is 3.34. The number of sulfonamides is 1. The maximum atomic E-state index is 16.1. The smallest absolute Gasteiger partial charge is 0.265 e. The molecule has 2 aliphatic rings. The number of hydrogen-bond donors (Lipinski definition) is 2. The molecule has 2 aromatic carbocycles. The molecule has 0 atom stereocenters. The average Bonchev–Trinajstić information content (AvgIpc) is 3.73. The number of nitrogens with one attached hydrogen (secondary N) is 2. The molecular formula is C29H27F3N6O3S2. The quantitative estimate of drug-likeness (QED) is 0.254. The summed E-state index contributed by atoms with van der Waals surface area (Å²) >= 11 is 1.37. The van der Waals surface area contributed by atoms with Gasteiger partial charge >= 0.3 is 0 Å². The fraction of sp³-hybridized carbons (Fsp3) is 0.310. The first-order valence-electron chi connectivity index (χ1n) is 13.7. The predicted molar refractivity (Wildman–Crippen MR) is 157 cm³/mol. The van der Waals surface area contributed by atoms with Gasteiger partial charge in [-0.25, -0.2) is 36.5 Å². The molecule has 14 heteroatoms.